The Balaban J connectivity index is 1.38. The van der Waals surface area contributed by atoms with Crippen LogP contribution >= 0.6 is 0 Å². The van der Waals surface area contributed by atoms with Gasteiger partial charge in [0.05, 0.1) is 6.20 Å². The topological polar surface area (TPSA) is 46.0 Å². The van der Waals surface area contributed by atoms with E-state index in [-0.39, 0.29) is 0 Å². The molecule has 1 atom stereocenters. The van der Waals surface area contributed by atoms with Crippen LogP contribution in [0.15, 0.2) is 18.5 Å². The van der Waals surface area contributed by atoms with E-state index in [4.69, 9.17) is 0 Å². The molecule has 4 rings (SSSR count). The number of pyridine rings is 1. The summed E-state index contributed by atoms with van der Waals surface area (Å²) in [5.41, 5.74) is 2.20. The molecule has 3 heterocycles. The molecule has 1 saturated carbocycles. The number of hydrogen-bond acceptors (Lipinski definition) is 4. The summed E-state index contributed by atoms with van der Waals surface area (Å²) in [7, 11) is 1.93. The first-order valence-corrected chi connectivity index (χ1v) is 7.53. The third-order valence-corrected chi connectivity index (χ3v) is 4.51. The molecule has 20 heavy (non-hydrogen) atoms. The first-order valence-electron chi connectivity index (χ1n) is 7.53. The number of hydrogen-bond donors (Lipinski definition) is 1. The van der Waals surface area contributed by atoms with E-state index in [1.54, 1.807) is 0 Å². The fourth-order valence-corrected chi connectivity index (χ4v) is 3.17. The second kappa shape index (κ2) is 4.82. The van der Waals surface area contributed by atoms with E-state index in [9.17, 15) is 0 Å². The van der Waals surface area contributed by atoms with Crippen LogP contribution in [0, 0.1) is 0 Å². The zero-order valence-corrected chi connectivity index (χ0v) is 11.9. The Kier molecular flexibility index (Phi) is 2.97. The fraction of sp³-hybridized carbons (Fsp3) is 0.600. The van der Waals surface area contributed by atoms with Gasteiger partial charge in [-0.05, 0) is 30.9 Å². The predicted molar refractivity (Wildman–Crippen MR) is 78.3 cm³/mol. The molecule has 0 bridgehead atoms. The van der Waals surface area contributed by atoms with Gasteiger partial charge in [0.25, 0.3) is 0 Å². The van der Waals surface area contributed by atoms with Crippen LogP contribution in [0.3, 0.4) is 0 Å². The Labute approximate surface area is 119 Å². The summed E-state index contributed by atoms with van der Waals surface area (Å²) < 4.78 is 1.82. The lowest BCUT2D eigenvalue weighted by Gasteiger charge is -2.15. The average Bonchev–Trinajstić information content (AvgIpc) is 3.10. The highest BCUT2D eigenvalue weighted by Gasteiger charge is 2.33. The van der Waals surface area contributed by atoms with Gasteiger partial charge in [-0.25, -0.2) is 4.98 Å². The van der Waals surface area contributed by atoms with Crippen molar-refractivity contribution in [2.45, 2.75) is 37.9 Å². The Morgan fingerprint density at radius 2 is 2.20 bits per heavy atom. The van der Waals surface area contributed by atoms with Crippen LogP contribution in [-0.4, -0.2) is 44.8 Å². The van der Waals surface area contributed by atoms with Gasteiger partial charge in [-0.15, -0.1) is 0 Å². The van der Waals surface area contributed by atoms with Crippen molar-refractivity contribution in [1.29, 1.82) is 0 Å². The molecule has 0 radical (unpaired) electrons. The molecule has 2 aromatic rings. The van der Waals surface area contributed by atoms with E-state index in [0.717, 1.165) is 23.6 Å². The van der Waals surface area contributed by atoms with Gasteiger partial charge in [0.2, 0.25) is 0 Å². The van der Waals surface area contributed by atoms with E-state index in [2.05, 4.69) is 26.4 Å². The minimum Gasteiger partial charge on any atom is -0.309 e. The van der Waals surface area contributed by atoms with Gasteiger partial charge in [-0.2, -0.15) is 5.10 Å². The molecule has 1 aliphatic carbocycles. The maximum absolute atomic E-state index is 4.49. The summed E-state index contributed by atoms with van der Waals surface area (Å²) >= 11 is 0. The van der Waals surface area contributed by atoms with Crippen molar-refractivity contribution < 1.29 is 0 Å². The van der Waals surface area contributed by atoms with Crippen molar-refractivity contribution in [3.05, 3.63) is 24.0 Å². The molecule has 5 nitrogen and oxygen atoms in total. The van der Waals surface area contributed by atoms with Crippen LogP contribution in [-0.2, 0) is 13.6 Å². The summed E-state index contributed by atoms with van der Waals surface area (Å²) in [6, 6.07) is 3.73. The van der Waals surface area contributed by atoms with Gasteiger partial charge in [-0.1, -0.05) is 0 Å². The Morgan fingerprint density at radius 3 is 3.05 bits per heavy atom. The number of nitrogens with zero attached hydrogens (tertiary/aromatic N) is 4. The van der Waals surface area contributed by atoms with Gasteiger partial charge >= 0.3 is 0 Å². The van der Waals surface area contributed by atoms with E-state index in [1.165, 1.54) is 37.9 Å². The van der Waals surface area contributed by atoms with E-state index < -0.39 is 0 Å². The van der Waals surface area contributed by atoms with Crippen molar-refractivity contribution in [3.8, 4) is 0 Å². The van der Waals surface area contributed by atoms with Crippen molar-refractivity contribution in [3.63, 3.8) is 0 Å². The summed E-state index contributed by atoms with van der Waals surface area (Å²) in [5, 5.41) is 9.03. The van der Waals surface area contributed by atoms with Crippen molar-refractivity contribution in [1.82, 2.24) is 25.0 Å². The molecule has 106 valence electrons. The molecule has 1 unspecified atom stereocenters. The van der Waals surface area contributed by atoms with Crippen LogP contribution in [0.2, 0.25) is 0 Å². The minimum atomic E-state index is 0.639. The molecule has 0 spiro atoms. The molecule has 5 heteroatoms. The molecule has 2 aromatic heterocycles. The second-order valence-electron chi connectivity index (χ2n) is 6.12. The Bertz CT molecular complexity index is 616. The number of aryl methyl sites for hydroxylation is 1. The van der Waals surface area contributed by atoms with Crippen LogP contribution in [0.5, 0.6) is 0 Å². The van der Waals surface area contributed by atoms with Gasteiger partial charge < -0.3 is 5.32 Å². The zero-order chi connectivity index (χ0) is 13.5. The molecule has 0 amide bonds. The quantitative estimate of drug-likeness (QED) is 0.910. The molecule has 2 fully saturated rings. The van der Waals surface area contributed by atoms with E-state index in [0.29, 0.717) is 6.04 Å². The monoisotopic (exact) mass is 271 g/mol. The van der Waals surface area contributed by atoms with E-state index >= 15 is 0 Å². The Hall–Kier alpha value is -1.46. The molecule has 1 aliphatic heterocycles. The maximum atomic E-state index is 4.49. The van der Waals surface area contributed by atoms with E-state index in [1.807, 2.05) is 24.1 Å². The van der Waals surface area contributed by atoms with Crippen molar-refractivity contribution >= 4 is 11.0 Å². The first kappa shape index (κ1) is 12.3. The maximum Gasteiger partial charge on any atom is 0.157 e. The highest BCUT2D eigenvalue weighted by atomic mass is 15.3. The summed E-state index contributed by atoms with van der Waals surface area (Å²) in [6.45, 7) is 3.39. The first-order chi connectivity index (χ1) is 9.79. The lowest BCUT2D eigenvalue weighted by molar-refractivity contribution is 0.317. The van der Waals surface area contributed by atoms with Crippen LogP contribution in [0.25, 0.3) is 11.0 Å². The van der Waals surface area contributed by atoms with Crippen LogP contribution in [0.4, 0.5) is 0 Å². The normalized spacial score (nSPS) is 23.8. The minimum absolute atomic E-state index is 0.639. The van der Waals surface area contributed by atoms with Gasteiger partial charge in [-0.3, -0.25) is 9.58 Å². The number of rotatable bonds is 4. The number of nitrogens with one attached hydrogen (secondary N) is 1. The SMILES string of the molecule is Cn1ncc2cc(CNC3CCN(C4CC4)C3)cnc21. The second-order valence-corrected chi connectivity index (χ2v) is 6.12. The summed E-state index contributed by atoms with van der Waals surface area (Å²) in [6.07, 6.45) is 7.95. The standard InChI is InChI=1S/C15H21N5/c1-19-15-12(9-18-19)6-11(8-17-15)7-16-13-4-5-20(10-13)14-2-3-14/h6,8-9,13-14,16H,2-5,7,10H2,1H3. The number of aromatic nitrogens is 3. The molecule has 0 aromatic carbocycles. The highest BCUT2D eigenvalue weighted by Crippen LogP contribution is 2.29. The van der Waals surface area contributed by atoms with Gasteiger partial charge in [0, 0.05) is 50.3 Å². The molecule has 1 N–H and O–H groups in total. The lowest BCUT2D eigenvalue weighted by atomic mass is 10.2. The molecule has 2 aliphatic rings. The highest BCUT2D eigenvalue weighted by molar-refractivity contribution is 5.74. The fourth-order valence-electron chi connectivity index (χ4n) is 3.17. The third kappa shape index (κ3) is 2.31. The number of likely N-dealkylation sites (tertiary alicyclic amines) is 1. The van der Waals surface area contributed by atoms with Crippen molar-refractivity contribution in [2.24, 2.45) is 7.05 Å². The molecule has 1 saturated heterocycles. The van der Waals surface area contributed by atoms with Crippen LogP contribution in [0.1, 0.15) is 24.8 Å². The lowest BCUT2D eigenvalue weighted by Crippen LogP contribution is -2.32. The largest absolute Gasteiger partial charge is 0.309 e. The van der Waals surface area contributed by atoms with Crippen molar-refractivity contribution in [2.75, 3.05) is 13.1 Å². The average molecular weight is 271 g/mol. The number of fused-ring (bicyclic) bond motifs is 1. The van der Waals surface area contributed by atoms with Gasteiger partial charge in [0.1, 0.15) is 0 Å². The predicted octanol–water partition coefficient (Wildman–Crippen LogP) is 1.29. The van der Waals surface area contributed by atoms with Crippen LogP contribution < -0.4 is 5.32 Å². The summed E-state index contributed by atoms with van der Waals surface area (Å²) in [4.78, 5) is 7.13. The third-order valence-electron chi connectivity index (χ3n) is 4.51. The van der Waals surface area contributed by atoms with Gasteiger partial charge in [0.15, 0.2) is 5.65 Å². The Morgan fingerprint density at radius 1 is 1.30 bits per heavy atom. The molecular formula is C15H21N5. The smallest absolute Gasteiger partial charge is 0.157 e. The summed E-state index contributed by atoms with van der Waals surface area (Å²) in [5.74, 6) is 0. The zero-order valence-electron chi connectivity index (χ0n) is 11.9. The molecular weight excluding hydrogens is 250 g/mol.